The van der Waals surface area contributed by atoms with Crippen molar-refractivity contribution in [2.45, 2.75) is 6.92 Å². The third-order valence-corrected chi connectivity index (χ3v) is 0.842. The predicted octanol–water partition coefficient (Wildman–Crippen LogP) is 0.189. The zero-order valence-electron chi connectivity index (χ0n) is 5.33. The van der Waals surface area contributed by atoms with E-state index in [4.69, 9.17) is 4.74 Å². The SMILES string of the molecule is COc1nncc(C)n1. The standard InChI is InChI=1S/C5H7N3O/c1-4-3-6-8-5(7-4)9-2/h3H,1-2H3. The fourth-order valence-corrected chi connectivity index (χ4v) is 0.450. The Morgan fingerprint density at radius 3 is 2.78 bits per heavy atom. The summed E-state index contributed by atoms with van der Waals surface area (Å²) in [6.45, 7) is 1.83. The summed E-state index contributed by atoms with van der Waals surface area (Å²) >= 11 is 0. The molecule has 0 aliphatic carbocycles. The first-order chi connectivity index (χ1) is 4.33. The number of nitrogens with zero attached hydrogens (tertiary/aromatic N) is 3. The molecule has 0 bridgehead atoms. The van der Waals surface area contributed by atoms with Gasteiger partial charge in [-0.3, -0.25) is 0 Å². The second kappa shape index (κ2) is 2.39. The molecule has 9 heavy (non-hydrogen) atoms. The zero-order valence-corrected chi connectivity index (χ0v) is 5.33. The second-order valence-corrected chi connectivity index (χ2v) is 1.58. The summed E-state index contributed by atoms with van der Waals surface area (Å²) in [5.74, 6) is 0. The summed E-state index contributed by atoms with van der Waals surface area (Å²) in [6.07, 6.45) is 1.57. The number of rotatable bonds is 1. The minimum Gasteiger partial charge on any atom is -0.466 e. The van der Waals surface area contributed by atoms with E-state index in [2.05, 4.69) is 15.2 Å². The van der Waals surface area contributed by atoms with Crippen LogP contribution in [-0.4, -0.2) is 22.3 Å². The Bertz CT molecular complexity index is 201. The molecule has 0 spiro atoms. The first-order valence-electron chi connectivity index (χ1n) is 2.53. The van der Waals surface area contributed by atoms with E-state index in [0.29, 0.717) is 6.01 Å². The fourth-order valence-electron chi connectivity index (χ4n) is 0.450. The molecule has 48 valence electrons. The Morgan fingerprint density at radius 2 is 2.33 bits per heavy atom. The van der Waals surface area contributed by atoms with E-state index in [1.54, 1.807) is 6.20 Å². The monoisotopic (exact) mass is 125 g/mol. The molecule has 0 N–H and O–H groups in total. The van der Waals surface area contributed by atoms with Gasteiger partial charge in [0.25, 0.3) is 0 Å². The lowest BCUT2D eigenvalue weighted by Crippen LogP contribution is -1.94. The zero-order chi connectivity index (χ0) is 6.69. The summed E-state index contributed by atoms with van der Waals surface area (Å²) in [6, 6.07) is 0.315. The van der Waals surface area contributed by atoms with Gasteiger partial charge >= 0.3 is 6.01 Å². The minimum atomic E-state index is 0.315. The van der Waals surface area contributed by atoms with E-state index >= 15 is 0 Å². The van der Waals surface area contributed by atoms with Gasteiger partial charge in [0.1, 0.15) is 0 Å². The lowest BCUT2D eigenvalue weighted by molar-refractivity contribution is 0.372. The topological polar surface area (TPSA) is 47.9 Å². The molecule has 4 heteroatoms. The van der Waals surface area contributed by atoms with Crippen molar-refractivity contribution in [3.63, 3.8) is 0 Å². The molecule has 0 aliphatic rings. The molecule has 1 rings (SSSR count). The smallest absolute Gasteiger partial charge is 0.335 e. The highest BCUT2D eigenvalue weighted by Crippen LogP contribution is 1.96. The van der Waals surface area contributed by atoms with Crippen molar-refractivity contribution in [1.82, 2.24) is 15.2 Å². The number of hydrogen-bond acceptors (Lipinski definition) is 4. The van der Waals surface area contributed by atoms with Crippen LogP contribution in [0.5, 0.6) is 6.01 Å². The van der Waals surface area contributed by atoms with Crippen LogP contribution in [0.2, 0.25) is 0 Å². The first kappa shape index (κ1) is 5.94. The van der Waals surface area contributed by atoms with Crippen molar-refractivity contribution in [2.75, 3.05) is 7.11 Å². The van der Waals surface area contributed by atoms with Crippen molar-refractivity contribution in [2.24, 2.45) is 0 Å². The molecule has 0 amide bonds. The summed E-state index contributed by atoms with van der Waals surface area (Å²) in [7, 11) is 1.51. The summed E-state index contributed by atoms with van der Waals surface area (Å²) in [5, 5.41) is 7.19. The maximum absolute atomic E-state index is 4.71. The van der Waals surface area contributed by atoms with Gasteiger partial charge in [-0.25, -0.2) is 0 Å². The lowest BCUT2D eigenvalue weighted by Gasteiger charge is -1.93. The van der Waals surface area contributed by atoms with Crippen LogP contribution in [0, 0.1) is 6.92 Å². The molecule has 1 aromatic heterocycles. The molecule has 0 atom stereocenters. The highest BCUT2D eigenvalue weighted by molar-refractivity contribution is 4.96. The number of aryl methyl sites for hydroxylation is 1. The van der Waals surface area contributed by atoms with Gasteiger partial charge in [0.15, 0.2) is 0 Å². The molecule has 0 fully saturated rings. The molecule has 4 nitrogen and oxygen atoms in total. The normalized spacial score (nSPS) is 9.11. The van der Waals surface area contributed by atoms with Gasteiger partial charge in [-0.1, -0.05) is 5.10 Å². The van der Waals surface area contributed by atoms with Gasteiger partial charge in [0.2, 0.25) is 0 Å². The van der Waals surface area contributed by atoms with Gasteiger partial charge in [-0.05, 0) is 6.92 Å². The van der Waals surface area contributed by atoms with E-state index in [9.17, 15) is 0 Å². The highest BCUT2D eigenvalue weighted by atomic mass is 16.5. The van der Waals surface area contributed by atoms with E-state index in [1.807, 2.05) is 6.92 Å². The number of ether oxygens (including phenoxy) is 1. The van der Waals surface area contributed by atoms with E-state index in [0.717, 1.165) is 5.69 Å². The first-order valence-corrected chi connectivity index (χ1v) is 2.53. The quantitative estimate of drug-likeness (QED) is 0.537. The van der Waals surface area contributed by atoms with Crippen molar-refractivity contribution in [3.8, 4) is 6.01 Å². The van der Waals surface area contributed by atoms with E-state index in [-0.39, 0.29) is 0 Å². The van der Waals surface area contributed by atoms with Gasteiger partial charge in [-0.15, -0.1) is 0 Å². The maximum atomic E-state index is 4.71. The third-order valence-electron chi connectivity index (χ3n) is 0.842. The molecular formula is C5H7N3O. The second-order valence-electron chi connectivity index (χ2n) is 1.58. The molecule has 0 aliphatic heterocycles. The molecule has 0 aromatic carbocycles. The molecule has 1 aromatic rings. The van der Waals surface area contributed by atoms with Gasteiger partial charge < -0.3 is 4.74 Å². The largest absolute Gasteiger partial charge is 0.466 e. The molecule has 0 saturated carbocycles. The Labute approximate surface area is 52.9 Å². The lowest BCUT2D eigenvalue weighted by atomic mass is 10.5. The van der Waals surface area contributed by atoms with Crippen LogP contribution in [0.4, 0.5) is 0 Å². The van der Waals surface area contributed by atoms with Crippen molar-refractivity contribution < 1.29 is 4.74 Å². The van der Waals surface area contributed by atoms with Crippen LogP contribution < -0.4 is 4.74 Å². The molecule has 0 unspecified atom stereocenters. The number of aromatic nitrogens is 3. The van der Waals surface area contributed by atoms with Crippen LogP contribution in [0.1, 0.15) is 5.69 Å². The highest BCUT2D eigenvalue weighted by Gasteiger charge is 1.91. The Kier molecular flexibility index (Phi) is 1.58. The van der Waals surface area contributed by atoms with Gasteiger partial charge in [0.05, 0.1) is 19.0 Å². The summed E-state index contributed by atoms with van der Waals surface area (Å²) in [5.41, 5.74) is 0.807. The summed E-state index contributed by atoms with van der Waals surface area (Å²) in [4.78, 5) is 3.90. The predicted molar refractivity (Wildman–Crippen MR) is 31.1 cm³/mol. The minimum absolute atomic E-state index is 0.315. The van der Waals surface area contributed by atoms with Crippen molar-refractivity contribution in [1.29, 1.82) is 0 Å². The average molecular weight is 125 g/mol. The van der Waals surface area contributed by atoms with Crippen LogP contribution >= 0.6 is 0 Å². The Balaban J connectivity index is 2.94. The van der Waals surface area contributed by atoms with Crippen LogP contribution in [0.25, 0.3) is 0 Å². The van der Waals surface area contributed by atoms with Crippen molar-refractivity contribution in [3.05, 3.63) is 11.9 Å². The molecule has 0 saturated heterocycles. The van der Waals surface area contributed by atoms with Crippen LogP contribution in [0.15, 0.2) is 6.20 Å². The van der Waals surface area contributed by atoms with Crippen LogP contribution in [0.3, 0.4) is 0 Å². The molecule has 1 heterocycles. The van der Waals surface area contributed by atoms with E-state index < -0.39 is 0 Å². The average Bonchev–Trinajstić information content (AvgIpc) is 1.88. The van der Waals surface area contributed by atoms with Gasteiger partial charge in [0, 0.05) is 0 Å². The van der Waals surface area contributed by atoms with Crippen molar-refractivity contribution >= 4 is 0 Å². The van der Waals surface area contributed by atoms with E-state index in [1.165, 1.54) is 7.11 Å². The number of methoxy groups -OCH3 is 1. The van der Waals surface area contributed by atoms with Crippen LogP contribution in [-0.2, 0) is 0 Å². The third kappa shape index (κ3) is 1.35. The molecule has 0 radical (unpaired) electrons. The molecular weight excluding hydrogens is 118 g/mol. The summed E-state index contributed by atoms with van der Waals surface area (Å²) < 4.78 is 4.71. The Hall–Kier alpha value is -1.19. The fraction of sp³-hybridized carbons (Fsp3) is 0.400. The maximum Gasteiger partial charge on any atom is 0.335 e. The Morgan fingerprint density at radius 1 is 1.56 bits per heavy atom. The number of hydrogen-bond donors (Lipinski definition) is 0. The van der Waals surface area contributed by atoms with Gasteiger partial charge in [-0.2, -0.15) is 10.1 Å².